The van der Waals surface area contributed by atoms with Crippen LogP contribution in [0.15, 0.2) is 18.3 Å². The van der Waals surface area contributed by atoms with E-state index < -0.39 is 6.10 Å². The molecule has 3 nitrogen and oxygen atoms in total. The largest absolute Gasteiger partial charge is 0.387 e. The van der Waals surface area contributed by atoms with Crippen LogP contribution in [0.2, 0.25) is 0 Å². The van der Waals surface area contributed by atoms with Gasteiger partial charge in [-0.05, 0) is 37.8 Å². The molecule has 1 aromatic rings. The molecule has 2 unspecified atom stereocenters. The summed E-state index contributed by atoms with van der Waals surface area (Å²) in [4.78, 5) is 6.68. The molecule has 1 aliphatic carbocycles. The summed E-state index contributed by atoms with van der Waals surface area (Å²) < 4.78 is 0. The van der Waals surface area contributed by atoms with E-state index in [-0.39, 0.29) is 0 Å². The van der Waals surface area contributed by atoms with Crippen molar-refractivity contribution in [3.63, 3.8) is 0 Å². The number of pyridine rings is 1. The first-order valence-electron chi connectivity index (χ1n) is 6.96. The zero-order chi connectivity index (χ0) is 13.1. The molecule has 1 N–H and O–H groups in total. The van der Waals surface area contributed by atoms with Gasteiger partial charge in [-0.1, -0.05) is 19.8 Å². The van der Waals surface area contributed by atoms with Crippen LogP contribution in [0.4, 0.5) is 5.69 Å². The molecule has 0 radical (unpaired) electrons. The summed E-state index contributed by atoms with van der Waals surface area (Å²) >= 11 is 0. The molecular formula is C15H24N2O. The van der Waals surface area contributed by atoms with Crippen LogP contribution < -0.4 is 4.90 Å². The van der Waals surface area contributed by atoms with Gasteiger partial charge in [0.15, 0.2) is 0 Å². The Balaban J connectivity index is 2.10. The standard InChI is InChI=1S/C15H24N2O/c1-11-6-4-5-7-15(11)17(3)13-8-9-14(12(2)18)16-10-13/h8-12,15,18H,4-7H2,1-3H3/t11?,12-,15?/m0/s1. The second kappa shape index (κ2) is 5.70. The fraction of sp³-hybridized carbons (Fsp3) is 0.667. The van der Waals surface area contributed by atoms with Crippen LogP contribution in [0.5, 0.6) is 0 Å². The first-order valence-corrected chi connectivity index (χ1v) is 6.96. The predicted octanol–water partition coefficient (Wildman–Crippen LogP) is 3.15. The van der Waals surface area contributed by atoms with Gasteiger partial charge in [0, 0.05) is 13.1 Å². The minimum Gasteiger partial charge on any atom is -0.387 e. The van der Waals surface area contributed by atoms with Crippen LogP contribution in [0, 0.1) is 5.92 Å². The Labute approximate surface area is 110 Å². The predicted molar refractivity (Wildman–Crippen MR) is 74.7 cm³/mol. The fourth-order valence-corrected chi connectivity index (χ4v) is 2.92. The van der Waals surface area contributed by atoms with Crippen molar-refractivity contribution in [3.05, 3.63) is 24.0 Å². The molecule has 3 atom stereocenters. The zero-order valence-electron chi connectivity index (χ0n) is 11.6. The van der Waals surface area contributed by atoms with Crippen LogP contribution >= 0.6 is 0 Å². The van der Waals surface area contributed by atoms with Gasteiger partial charge in [-0.15, -0.1) is 0 Å². The van der Waals surface area contributed by atoms with Gasteiger partial charge in [-0.3, -0.25) is 4.98 Å². The molecule has 100 valence electrons. The topological polar surface area (TPSA) is 36.4 Å². The molecule has 1 aliphatic rings. The van der Waals surface area contributed by atoms with Gasteiger partial charge < -0.3 is 10.0 Å². The highest BCUT2D eigenvalue weighted by Gasteiger charge is 2.25. The summed E-state index contributed by atoms with van der Waals surface area (Å²) in [5.41, 5.74) is 1.89. The number of hydrogen-bond acceptors (Lipinski definition) is 3. The minimum absolute atomic E-state index is 0.488. The Hall–Kier alpha value is -1.09. The molecule has 2 rings (SSSR count). The molecule has 1 aromatic heterocycles. The lowest BCUT2D eigenvalue weighted by Crippen LogP contribution is -2.39. The van der Waals surface area contributed by atoms with Crippen molar-refractivity contribution in [2.45, 2.75) is 51.7 Å². The highest BCUT2D eigenvalue weighted by Crippen LogP contribution is 2.30. The number of hydrogen-bond donors (Lipinski definition) is 1. The van der Waals surface area contributed by atoms with Crippen LogP contribution in [-0.4, -0.2) is 23.2 Å². The van der Waals surface area contributed by atoms with E-state index in [9.17, 15) is 5.11 Å². The van der Waals surface area contributed by atoms with Crippen molar-refractivity contribution in [3.8, 4) is 0 Å². The smallest absolute Gasteiger partial charge is 0.0931 e. The monoisotopic (exact) mass is 248 g/mol. The maximum atomic E-state index is 9.47. The summed E-state index contributed by atoms with van der Waals surface area (Å²) in [5, 5.41) is 9.47. The second-order valence-corrected chi connectivity index (χ2v) is 5.56. The lowest BCUT2D eigenvalue weighted by molar-refractivity contribution is 0.194. The Kier molecular flexibility index (Phi) is 4.23. The maximum Gasteiger partial charge on any atom is 0.0931 e. The lowest BCUT2D eigenvalue weighted by atomic mass is 9.85. The third kappa shape index (κ3) is 2.83. The Bertz CT molecular complexity index is 375. The summed E-state index contributed by atoms with van der Waals surface area (Å²) in [6.45, 7) is 4.09. The number of aliphatic hydroxyl groups excluding tert-OH is 1. The van der Waals surface area contributed by atoms with Gasteiger partial charge >= 0.3 is 0 Å². The van der Waals surface area contributed by atoms with Crippen LogP contribution in [-0.2, 0) is 0 Å². The first-order chi connectivity index (χ1) is 8.59. The van der Waals surface area contributed by atoms with Crippen molar-refractivity contribution in [1.82, 2.24) is 4.98 Å². The van der Waals surface area contributed by atoms with Crippen LogP contribution in [0.25, 0.3) is 0 Å². The zero-order valence-corrected chi connectivity index (χ0v) is 11.6. The molecule has 0 amide bonds. The van der Waals surface area contributed by atoms with Gasteiger partial charge in [-0.2, -0.15) is 0 Å². The quantitative estimate of drug-likeness (QED) is 0.892. The van der Waals surface area contributed by atoms with E-state index in [4.69, 9.17) is 0 Å². The average Bonchev–Trinajstić information content (AvgIpc) is 2.38. The molecule has 0 saturated heterocycles. The number of rotatable bonds is 3. The van der Waals surface area contributed by atoms with E-state index in [0.717, 1.165) is 17.3 Å². The Morgan fingerprint density at radius 2 is 2.06 bits per heavy atom. The molecule has 0 aliphatic heterocycles. The minimum atomic E-state index is -0.488. The Morgan fingerprint density at radius 1 is 1.33 bits per heavy atom. The SMILES string of the molecule is CC1CCCCC1N(C)c1ccc([C@H](C)O)nc1. The van der Waals surface area contributed by atoms with E-state index in [1.807, 2.05) is 12.3 Å². The second-order valence-electron chi connectivity index (χ2n) is 5.56. The van der Waals surface area contributed by atoms with Crippen LogP contribution in [0.1, 0.15) is 51.3 Å². The molecule has 1 heterocycles. The number of aromatic nitrogens is 1. The summed E-state index contributed by atoms with van der Waals surface area (Å²) in [7, 11) is 2.16. The summed E-state index contributed by atoms with van der Waals surface area (Å²) in [6.07, 6.45) is 6.69. The van der Waals surface area contributed by atoms with E-state index in [0.29, 0.717) is 6.04 Å². The molecule has 1 saturated carbocycles. The first kappa shape index (κ1) is 13.3. The van der Waals surface area contributed by atoms with E-state index >= 15 is 0 Å². The summed E-state index contributed by atoms with van der Waals surface area (Å²) in [6, 6.07) is 4.61. The molecule has 3 heteroatoms. The van der Waals surface area contributed by atoms with E-state index in [1.165, 1.54) is 25.7 Å². The highest BCUT2D eigenvalue weighted by atomic mass is 16.3. The van der Waals surface area contributed by atoms with Gasteiger partial charge in [0.1, 0.15) is 0 Å². The molecule has 0 bridgehead atoms. The Morgan fingerprint density at radius 3 is 2.61 bits per heavy atom. The maximum absolute atomic E-state index is 9.47. The van der Waals surface area contributed by atoms with Crippen molar-refractivity contribution in [1.29, 1.82) is 0 Å². The molecule has 0 spiro atoms. The summed E-state index contributed by atoms with van der Waals surface area (Å²) in [5.74, 6) is 0.750. The van der Waals surface area contributed by atoms with E-state index in [2.05, 4.69) is 29.9 Å². The van der Waals surface area contributed by atoms with Crippen molar-refractivity contribution in [2.75, 3.05) is 11.9 Å². The lowest BCUT2D eigenvalue weighted by Gasteiger charge is -2.37. The molecule has 1 fully saturated rings. The van der Waals surface area contributed by atoms with Gasteiger partial charge in [-0.25, -0.2) is 0 Å². The van der Waals surface area contributed by atoms with Crippen molar-refractivity contribution in [2.24, 2.45) is 5.92 Å². The average molecular weight is 248 g/mol. The van der Waals surface area contributed by atoms with Gasteiger partial charge in [0.25, 0.3) is 0 Å². The molecule has 18 heavy (non-hydrogen) atoms. The molecular weight excluding hydrogens is 224 g/mol. The third-order valence-corrected chi connectivity index (χ3v) is 4.17. The van der Waals surface area contributed by atoms with Crippen molar-refractivity contribution >= 4 is 5.69 Å². The third-order valence-electron chi connectivity index (χ3n) is 4.17. The van der Waals surface area contributed by atoms with Crippen LogP contribution in [0.3, 0.4) is 0 Å². The number of aliphatic hydroxyl groups is 1. The van der Waals surface area contributed by atoms with Crippen molar-refractivity contribution < 1.29 is 5.11 Å². The normalized spacial score (nSPS) is 25.8. The van der Waals surface area contributed by atoms with E-state index in [1.54, 1.807) is 6.92 Å². The fourth-order valence-electron chi connectivity index (χ4n) is 2.92. The molecule has 0 aromatic carbocycles. The highest BCUT2D eigenvalue weighted by molar-refractivity contribution is 5.45. The van der Waals surface area contributed by atoms with Gasteiger partial charge in [0.2, 0.25) is 0 Å². The number of nitrogens with zero attached hydrogens (tertiary/aromatic N) is 2. The van der Waals surface area contributed by atoms with Gasteiger partial charge in [0.05, 0.1) is 23.7 Å². The number of anilines is 1.